The Morgan fingerprint density at radius 2 is 1.79 bits per heavy atom. The number of rotatable bonds is 1. The van der Waals surface area contributed by atoms with Gasteiger partial charge in [-0.05, 0) is 36.4 Å². The van der Waals surface area contributed by atoms with Gasteiger partial charge in [-0.2, -0.15) is 0 Å². The summed E-state index contributed by atoms with van der Waals surface area (Å²) in [5.74, 6) is -0.537. The van der Waals surface area contributed by atoms with E-state index in [9.17, 15) is 8.78 Å². The molecular formula is C14H8ClF2NO. The highest BCUT2D eigenvalue weighted by Crippen LogP contribution is 2.35. The molecule has 2 N–H and O–H groups in total. The van der Waals surface area contributed by atoms with Crippen LogP contribution in [0.25, 0.3) is 22.3 Å². The third kappa shape index (κ3) is 2.04. The van der Waals surface area contributed by atoms with Crippen LogP contribution >= 0.6 is 11.6 Å². The van der Waals surface area contributed by atoms with Crippen LogP contribution in [0.1, 0.15) is 0 Å². The second kappa shape index (κ2) is 4.24. The van der Waals surface area contributed by atoms with E-state index in [-0.39, 0.29) is 16.5 Å². The summed E-state index contributed by atoms with van der Waals surface area (Å²) in [6.07, 6.45) is 0. The average Bonchev–Trinajstić information content (AvgIpc) is 2.76. The van der Waals surface area contributed by atoms with Crippen molar-refractivity contribution in [2.75, 3.05) is 5.73 Å². The summed E-state index contributed by atoms with van der Waals surface area (Å²) in [4.78, 5) is 0. The van der Waals surface area contributed by atoms with Gasteiger partial charge in [0.25, 0.3) is 0 Å². The summed E-state index contributed by atoms with van der Waals surface area (Å²) in [5.41, 5.74) is 6.87. The Bertz CT molecular complexity index is 782. The topological polar surface area (TPSA) is 39.2 Å². The molecule has 0 saturated carbocycles. The summed E-state index contributed by atoms with van der Waals surface area (Å²) in [5, 5.41) is 0.691. The van der Waals surface area contributed by atoms with Crippen LogP contribution in [0, 0.1) is 11.6 Å². The second-order valence-electron chi connectivity index (χ2n) is 4.14. The van der Waals surface area contributed by atoms with Gasteiger partial charge < -0.3 is 10.2 Å². The first-order chi connectivity index (χ1) is 9.04. The van der Waals surface area contributed by atoms with E-state index < -0.39 is 5.82 Å². The van der Waals surface area contributed by atoms with Crippen molar-refractivity contribution in [2.45, 2.75) is 0 Å². The fraction of sp³-hybridized carbons (Fsp3) is 0. The molecule has 0 radical (unpaired) electrons. The molecule has 3 rings (SSSR count). The number of furan rings is 1. The van der Waals surface area contributed by atoms with Crippen molar-refractivity contribution < 1.29 is 13.2 Å². The number of nitrogen functional groups attached to an aromatic ring is 1. The molecular weight excluding hydrogens is 272 g/mol. The van der Waals surface area contributed by atoms with Crippen molar-refractivity contribution in [3.63, 3.8) is 0 Å². The normalized spacial score (nSPS) is 11.1. The largest absolute Gasteiger partial charge is 0.456 e. The van der Waals surface area contributed by atoms with E-state index in [0.29, 0.717) is 22.3 Å². The fourth-order valence-corrected chi connectivity index (χ4v) is 2.14. The van der Waals surface area contributed by atoms with E-state index in [1.54, 1.807) is 6.07 Å². The zero-order valence-corrected chi connectivity index (χ0v) is 10.3. The quantitative estimate of drug-likeness (QED) is 0.661. The third-order valence-corrected chi connectivity index (χ3v) is 3.15. The predicted octanol–water partition coefficient (Wildman–Crippen LogP) is 4.61. The molecule has 19 heavy (non-hydrogen) atoms. The highest BCUT2D eigenvalue weighted by Gasteiger charge is 2.13. The van der Waals surface area contributed by atoms with Gasteiger partial charge in [0.1, 0.15) is 23.0 Å². The number of hydrogen-bond donors (Lipinski definition) is 1. The van der Waals surface area contributed by atoms with Crippen molar-refractivity contribution in [3.05, 3.63) is 53.1 Å². The van der Waals surface area contributed by atoms with Crippen LogP contribution in [0.3, 0.4) is 0 Å². The number of nitrogens with two attached hydrogens (primary N) is 1. The van der Waals surface area contributed by atoms with Crippen LogP contribution in [0.5, 0.6) is 0 Å². The van der Waals surface area contributed by atoms with Crippen molar-refractivity contribution in [3.8, 4) is 11.3 Å². The van der Waals surface area contributed by atoms with E-state index >= 15 is 0 Å². The van der Waals surface area contributed by atoms with Crippen LogP contribution < -0.4 is 5.73 Å². The lowest BCUT2D eigenvalue weighted by molar-refractivity contribution is 0.614. The first-order valence-corrected chi connectivity index (χ1v) is 5.86. The lowest BCUT2D eigenvalue weighted by Gasteiger charge is -2.04. The molecule has 0 aliphatic rings. The smallest absolute Gasteiger partial charge is 0.137 e. The Labute approximate surface area is 112 Å². The van der Waals surface area contributed by atoms with Crippen molar-refractivity contribution in [2.24, 2.45) is 0 Å². The first kappa shape index (κ1) is 12.0. The Hall–Kier alpha value is -2.07. The summed E-state index contributed by atoms with van der Waals surface area (Å²) < 4.78 is 32.0. The molecule has 0 spiro atoms. The molecule has 5 heteroatoms. The van der Waals surface area contributed by atoms with Crippen LogP contribution in [0.2, 0.25) is 5.02 Å². The van der Waals surface area contributed by atoms with E-state index in [1.807, 2.05) is 0 Å². The molecule has 3 aromatic rings. The fourth-order valence-electron chi connectivity index (χ4n) is 1.94. The van der Waals surface area contributed by atoms with Gasteiger partial charge in [-0.25, -0.2) is 8.78 Å². The van der Waals surface area contributed by atoms with E-state index in [1.165, 1.54) is 24.3 Å². The van der Waals surface area contributed by atoms with Gasteiger partial charge in [0, 0.05) is 10.9 Å². The van der Waals surface area contributed by atoms with Gasteiger partial charge in [0.2, 0.25) is 0 Å². The minimum absolute atomic E-state index is 0.113. The van der Waals surface area contributed by atoms with Gasteiger partial charge >= 0.3 is 0 Å². The molecule has 0 unspecified atom stereocenters. The molecule has 1 aromatic heterocycles. The average molecular weight is 280 g/mol. The maximum Gasteiger partial charge on any atom is 0.137 e. The number of anilines is 1. The highest BCUT2D eigenvalue weighted by atomic mass is 35.5. The molecule has 0 saturated heterocycles. The Kier molecular flexibility index (Phi) is 2.68. The van der Waals surface area contributed by atoms with Crippen molar-refractivity contribution >= 4 is 28.3 Å². The molecule has 0 bridgehead atoms. The minimum atomic E-state index is -0.513. The molecule has 2 aromatic carbocycles. The first-order valence-electron chi connectivity index (χ1n) is 5.48. The van der Waals surface area contributed by atoms with Crippen LogP contribution in [0.4, 0.5) is 14.5 Å². The zero-order chi connectivity index (χ0) is 13.6. The number of benzene rings is 2. The molecule has 0 aliphatic carbocycles. The van der Waals surface area contributed by atoms with Crippen LogP contribution in [0.15, 0.2) is 40.8 Å². The van der Waals surface area contributed by atoms with Crippen molar-refractivity contribution in [1.82, 2.24) is 0 Å². The summed E-state index contributed by atoms with van der Waals surface area (Å²) in [7, 11) is 0. The molecule has 0 fully saturated rings. The van der Waals surface area contributed by atoms with Gasteiger partial charge in [-0.15, -0.1) is 0 Å². The summed E-state index contributed by atoms with van der Waals surface area (Å²) in [6.45, 7) is 0. The molecule has 0 aliphatic heterocycles. The molecule has 2 nitrogen and oxygen atoms in total. The minimum Gasteiger partial charge on any atom is -0.456 e. The monoisotopic (exact) mass is 279 g/mol. The van der Waals surface area contributed by atoms with E-state index in [0.717, 1.165) is 6.07 Å². The standard InChI is InChI=1S/C14H8ClF2NO/c15-11-6-9(17)5-10(14(11)18)13-4-7-3-8(16)1-2-12(7)19-13/h1-6H,18H2. The summed E-state index contributed by atoms with van der Waals surface area (Å²) >= 11 is 5.83. The number of hydrogen-bond acceptors (Lipinski definition) is 2. The van der Waals surface area contributed by atoms with E-state index in [4.69, 9.17) is 21.8 Å². The summed E-state index contributed by atoms with van der Waals surface area (Å²) in [6, 6.07) is 8.08. The SMILES string of the molecule is Nc1c(Cl)cc(F)cc1-c1cc2cc(F)ccc2o1. The second-order valence-corrected chi connectivity index (χ2v) is 4.55. The van der Waals surface area contributed by atoms with Gasteiger partial charge in [-0.1, -0.05) is 11.6 Å². The predicted molar refractivity (Wildman–Crippen MR) is 71.0 cm³/mol. The van der Waals surface area contributed by atoms with Gasteiger partial charge in [0.05, 0.1) is 10.7 Å². The number of fused-ring (bicyclic) bond motifs is 1. The maximum atomic E-state index is 13.4. The zero-order valence-electron chi connectivity index (χ0n) is 9.58. The van der Waals surface area contributed by atoms with Crippen molar-refractivity contribution in [1.29, 1.82) is 0 Å². The maximum absolute atomic E-state index is 13.4. The van der Waals surface area contributed by atoms with Crippen LogP contribution in [-0.4, -0.2) is 0 Å². The van der Waals surface area contributed by atoms with Gasteiger partial charge in [0.15, 0.2) is 0 Å². The number of halogens is 3. The van der Waals surface area contributed by atoms with Gasteiger partial charge in [-0.3, -0.25) is 0 Å². The Balaban J connectivity index is 2.24. The molecule has 0 amide bonds. The third-order valence-electron chi connectivity index (χ3n) is 2.84. The lowest BCUT2D eigenvalue weighted by Crippen LogP contribution is -1.92. The highest BCUT2D eigenvalue weighted by molar-refractivity contribution is 6.33. The van der Waals surface area contributed by atoms with Crippen LogP contribution in [-0.2, 0) is 0 Å². The lowest BCUT2D eigenvalue weighted by atomic mass is 10.1. The Morgan fingerprint density at radius 3 is 2.58 bits per heavy atom. The Morgan fingerprint density at radius 1 is 1.00 bits per heavy atom. The molecule has 96 valence electrons. The molecule has 0 atom stereocenters. The van der Waals surface area contributed by atoms with E-state index in [2.05, 4.69) is 0 Å². The molecule has 1 heterocycles.